The maximum atomic E-state index is 6.25. The molecular weight excluding hydrogens is 279 g/mol. The van der Waals surface area contributed by atoms with Gasteiger partial charge in [-0.3, -0.25) is 0 Å². The van der Waals surface area contributed by atoms with Crippen LogP contribution in [0, 0.1) is 5.41 Å². The summed E-state index contributed by atoms with van der Waals surface area (Å²) in [5, 5.41) is 1.39. The number of benzene rings is 1. The molecule has 0 N–H and O–H groups in total. The molecule has 0 aliphatic heterocycles. The van der Waals surface area contributed by atoms with Crippen LogP contribution in [-0.2, 0) is 0 Å². The lowest BCUT2D eigenvalue weighted by molar-refractivity contribution is -0.0294. The SMILES string of the molecule is CCC1(C)C(Cl)CC1Oc1cc(Cl)ccc1Cl. The van der Waals surface area contributed by atoms with Gasteiger partial charge in [-0.1, -0.05) is 37.0 Å². The highest BCUT2D eigenvalue weighted by Gasteiger charge is 2.51. The van der Waals surface area contributed by atoms with Crippen LogP contribution in [0.2, 0.25) is 10.0 Å². The van der Waals surface area contributed by atoms with Gasteiger partial charge in [0.2, 0.25) is 0 Å². The van der Waals surface area contributed by atoms with E-state index in [2.05, 4.69) is 13.8 Å². The molecule has 3 atom stereocenters. The van der Waals surface area contributed by atoms with Crippen molar-refractivity contribution in [1.29, 1.82) is 0 Å². The van der Waals surface area contributed by atoms with Crippen molar-refractivity contribution in [2.75, 3.05) is 0 Å². The third-order valence-corrected chi connectivity index (χ3v) is 5.02. The molecule has 0 heterocycles. The summed E-state index contributed by atoms with van der Waals surface area (Å²) < 4.78 is 5.94. The first-order chi connectivity index (χ1) is 7.97. The van der Waals surface area contributed by atoms with Gasteiger partial charge in [0.05, 0.1) is 5.02 Å². The van der Waals surface area contributed by atoms with Gasteiger partial charge in [-0.15, -0.1) is 11.6 Å². The molecule has 1 nitrogen and oxygen atoms in total. The lowest BCUT2D eigenvalue weighted by Gasteiger charge is -2.50. The maximum Gasteiger partial charge on any atom is 0.139 e. The molecule has 2 rings (SSSR count). The zero-order valence-corrected chi connectivity index (χ0v) is 12.1. The fourth-order valence-electron chi connectivity index (χ4n) is 2.12. The number of hydrogen-bond acceptors (Lipinski definition) is 1. The topological polar surface area (TPSA) is 9.23 Å². The second-order valence-corrected chi connectivity index (χ2v) is 6.11. The molecule has 1 saturated carbocycles. The zero-order chi connectivity index (χ0) is 12.6. The molecule has 1 fully saturated rings. The average molecular weight is 294 g/mol. The molecule has 1 aromatic carbocycles. The second-order valence-electron chi connectivity index (χ2n) is 4.74. The van der Waals surface area contributed by atoms with Gasteiger partial charge in [0.15, 0.2) is 0 Å². The zero-order valence-electron chi connectivity index (χ0n) is 9.84. The van der Waals surface area contributed by atoms with Crippen molar-refractivity contribution in [3.63, 3.8) is 0 Å². The summed E-state index contributed by atoms with van der Waals surface area (Å²) in [6.07, 6.45) is 1.96. The molecule has 0 radical (unpaired) electrons. The minimum Gasteiger partial charge on any atom is -0.488 e. The van der Waals surface area contributed by atoms with E-state index >= 15 is 0 Å². The van der Waals surface area contributed by atoms with Crippen molar-refractivity contribution < 1.29 is 4.74 Å². The van der Waals surface area contributed by atoms with Crippen LogP contribution in [0.1, 0.15) is 26.7 Å². The van der Waals surface area contributed by atoms with Gasteiger partial charge in [0, 0.05) is 28.3 Å². The third-order valence-electron chi connectivity index (χ3n) is 3.80. The summed E-state index contributed by atoms with van der Waals surface area (Å²) in [5.41, 5.74) is 0.0210. The fraction of sp³-hybridized carbons (Fsp3) is 0.538. The Morgan fingerprint density at radius 1 is 1.41 bits per heavy atom. The Morgan fingerprint density at radius 3 is 2.71 bits per heavy atom. The Hall–Kier alpha value is -0.110. The van der Waals surface area contributed by atoms with Gasteiger partial charge in [0.25, 0.3) is 0 Å². The molecule has 4 heteroatoms. The third kappa shape index (κ3) is 2.38. The van der Waals surface area contributed by atoms with Gasteiger partial charge < -0.3 is 4.74 Å². The monoisotopic (exact) mass is 292 g/mol. The largest absolute Gasteiger partial charge is 0.488 e. The molecule has 3 unspecified atom stereocenters. The highest BCUT2D eigenvalue weighted by atomic mass is 35.5. The minimum atomic E-state index is 0.0210. The second kappa shape index (κ2) is 4.87. The molecule has 0 spiro atoms. The predicted octanol–water partition coefficient (Wildman–Crippen LogP) is 5.17. The Balaban J connectivity index is 2.14. The van der Waals surface area contributed by atoms with E-state index < -0.39 is 0 Å². The predicted molar refractivity (Wildman–Crippen MR) is 73.5 cm³/mol. The van der Waals surface area contributed by atoms with E-state index in [1.54, 1.807) is 18.2 Å². The van der Waals surface area contributed by atoms with E-state index in [0.717, 1.165) is 12.8 Å². The first-order valence-corrected chi connectivity index (χ1v) is 6.92. The summed E-state index contributed by atoms with van der Waals surface area (Å²) in [7, 11) is 0. The van der Waals surface area contributed by atoms with Crippen molar-refractivity contribution >= 4 is 34.8 Å². The molecule has 1 aliphatic carbocycles. The van der Waals surface area contributed by atoms with Crippen LogP contribution >= 0.6 is 34.8 Å². The van der Waals surface area contributed by atoms with Gasteiger partial charge in [0.1, 0.15) is 11.9 Å². The van der Waals surface area contributed by atoms with Gasteiger partial charge in [-0.25, -0.2) is 0 Å². The summed E-state index contributed by atoms with van der Waals surface area (Å²) in [6, 6.07) is 5.25. The Bertz CT molecular complexity index is 421. The van der Waals surface area contributed by atoms with Crippen molar-refractivity contribution in [3.8, 4) is 5.75 Å². The van der Waals surface area contributed by atoms with Crippen LogP contribution in [0.25, 0.3) is 0 Å². The van der Waals surface area contributed by atoms with E-state index in [1.807, 2.05) is 0 Å². The number of alkyl halides is 1. The van der Waals surface area contributed by atoms with E-state index in [4.69, 9.17) is 39.5 Å². The molecule has 94 valence electrons. The van der Waals surface area contributed by atoms with Gasteiger partial charge in [-0.05, 0) is 18.6 Å². The van der Waals surface area contributed by atoms with E-state index in [9.17, 15) is 0 Å². The number of ether oxygens (including phenoxy) is 1. The number of rotatable bonds is 3. The summed E-state index contributed by atoms with van der Waals surface area (Å²) >= 11 is 18.3. The molecule has 0 aromatic heterocycles. The molecule has 1 aromatic rings. The maximum absolute atomic E-state index is 6.25. The quantitative estimate of drug-likeness (QED) is 0.699. The highest BCUT2D eigenvalue weighted by Crippen LogP contribution is 2.49. The standard InChI is InChI=1S/C13H15Cl3O/c1-3-13(2)11(16)7-12(13)17-10-6-8(14)4-5-9(10)15/h4-6,11-12H,3,7H2,1-2H3. The number of halogens is 3. The molecular formula is C13H15Cl3O. The molecule has 17 heavy (non-hydrogen) atoms. The number of hydrogen-bond donors (Lipinski definition) is 0. The Kier molecular flexibility index (Phi) is 3.82. The Morgan fingerprint density at radius 2 is 2.12 bits per heavy atom. The van der Waals surface area contributed by atoms with Crippen molar-refractivity contribution in [3.05, 3.63) is 28.2 Å². The summed E-state index contributed by atoms with van der Waals surface area (Å²) in [4.78, 5) is 0. The molecule has 0 amide bonds. The van der Waals surface area contributed by atoms with Gasteiger partial charge in [-0.2, -0.15) is 0 Å². The van der Waals surface area contributed by atoms with Crippen LogP contribution < -0.4 is 4.74 Å². The van der Waals surface area contributed by atoms with Crippen molar-refractivity contribution in [2.45, 2.75) is 38.2 Å². The first kappa shape index (κ1) is 13.3. The van der Waals surface area contributed by atoms with Crippen LogP contribution in [0.4, 0.5) is 0 Å². The van der Waals surface area contributed by atoms with Crippen LogP contribution in [0.5, 0.6) is 5.75 Å². The van der Waals surface area contributed by atoms with Crippen molar-refractivity contribution in [2.24, 2.45) is 5.41 Å². The van der Waals surface area contributed by atoms with Crippen LogP contribution in [0.15, 0.2) is 18.2 Å². The van der Waals surface area contributed by atoms with Crippen molar-refractivity contribution in [1.82, 2.24) is 0 Å². The highest BCUT2D eigenvalue weighted by molar-refractivity contribution is 6.34. The van der Waals surface area contributed by atoms with E-state index in [0.29, 0.717) is 15.8 Å². The fourth-order valence-corrected chi connectivity index (χ4v) is 2.90. The smallest absolute Gasteiger partial charge is 0.139 e. The summed E-state index contributed by atoms with van der Waals surface area (Å²) in [5.74, 6) is 0.646. The van der Waals surface area contributed by atoms with E-state index in [-0.39, 0.29) is 16.9 Å². The van der Waals surface area contributed by atoms with E-state index in [1.165, 1.54) is 0 Å². The summed E-state index contributed by atoms with van der Waals surface area (Å²) in [6.45, 7) is 4.28. The molecule has 1 aliphatic rings. The van der Waals surface area contributed by atoms with Crippen LogP contribution in [0.3, 0.4) is 0 Å². The van der Waals surface area contributed by atoms with Gasteiger partial charge >= 0.3 is 0 Å². The first-order valence-electron chi connectivity index (χ1n) is 5.73. The normalized spacial score (nSPS) is 32.1. The Labute approximate surface area is 117 Å². The lowest BCUT2D eigenvalue weighted by atomic mass is 9.65. The molecule has 0 saturated heterocycles. The minimum absolute atomic E-state index is 0.0210. The van der Waals surface area contributed by atoms with Crippen LogP contribution in [-0.4, -0.2) is 11.5 Å². The average Bonchev–Trinajstić information content (AvgIpc) is 2.32. The lowest BCUT2D eigenvalue weighted by Crippen LogP contribution is -2.55. The molecule has 0 bridgehead atoms.